The van der Waals surface area contributed by atoms with Crippen LogP contribution in [0.1, 0.15) is 21.5 Å². The monoisotopic (exact) mass is 276 g/mol. The van der Waals surface area contributed by atoms with E-state index in [9.17, 15) is 18.0 Å². The fraction of sp³-hybridized carbons (Fsp3) is 0.200. The summed E-state index contributed by atoms with van der Waals surface area (Å²) in [5.74, 6) is -1.40. The molecule has 0 saturated heterocycles. The second kappa shape index (κ2) is 5.29. The summed E-state index contributed by atoms with van der Waals surface area (Å²) in [6.45, 7) is -0.277. The highest BCUT2D eigenvalue weighted by Crippen LogP contribution is 2.39. The Morgan fingerprint density at radius 3 is 2.50 bits per heavy atom. The fourth-order valence-electron chi connectivity index (χ4n) is 1.29. The van der Waals surface area contributed by atoms with Gasteiger partial charge in [0.25, 0.3) is 0 Å². The molecule has 4 nitrogen and oxygen atoms in total. The van der Waals surface area contributed by atoms with Crippen molar-refractivity contribution in [1.82, 2.24) is 0 Å². The van der Waals surface area contributed by atoms with Crippen molar-refractivity contribution < 1.29 is 23.1 Å². The van der Waals surface area contributed by atoms with E-state index in [1.54, 1.807) is 6.07 Å². The summed E-state index contributed by atoms with van der Waals surface area (Å²) < 4.78 is 37.0. The van der Waals surface area contributed by atoms with Gasteiger partial charge in [0.2, 0.25) is 0 Å². The third kappa shape index (κ3) is 3.38. The van der Waals surface area contributed by atoms with Gasteiger partial charge in [-0.05, 0) is 29.5 Å². The van der Waals surface area contributed by atoms with Crippen LogP contribution >= 0.6 is 11.8 Å². The first-order valence-corrected chi connectivity index (χ1v) is 5.36. The number of hydrogen-bond acceptors (Lipinski definition) is 4. The van der Waals surface area contributed by atoms with Crippen LogP contribution < -0.4 is 5.73 Å². The number of aromatic carboxylic acids is 1. The summed E-state index contributed by atoms with van der Waals surface area (Å²) in [5, 5.41) is 17.5. The molecule has 1 aromatic carbocycles. The Morgan fingerprint density at radius 1 is 1.50 bits per heavy atom. The molecule has 0 atom stereocenters. The van der Waals surface area contributed by atoms with Crippen LogP contribution in [0.5, 0.6) is 0 Å². The molecule has 0 heterocycles. The zero-order valence-electron chi connectivity index (χ0n) is 8.78. The Labute approximate surface area is 104 Å². The summed E-state index contributed by atoms with van der Waals surface area (Å²) in [6, 6.07) is 3.51. The first kappa shape index (κ1) is 14.3. The van der Waals surface area contributed by atoms with Gasteiger partial charge in [-0.25, -0.2) is 4.79 Å². The Balaban J connectivity index is 3.42. The molecule has 0 saturated carbocycles. The molecular weight excluding hydrogens is 269 g/mol. The van der Waals surface area contributed by atoms with Crippen LogP contribution in [-0.2, 0) is 6.54 Å². The van der Waals surface area contributed by atoms with E-state index in [1.807, 2.05) is 0 Å². The average molecular weight is 276 g/mol. The van der Waals surface area contributed by atoms with Crippen molar-refractivity contribution in [3.63, 3.8) is 0 Å². The lowest BCUT2D eigenvalue weighted by atomic mass is 10.0. The number of nitrogens with two attached hydrogens (primary N) is 1. The Kier molecular flexibility index (Phi) is 4.21. The predicted molar refractivity (Wildman–Crippen MR) is 57.9 cm³/mol. The summed E-state index contributed by atoms with van der Waals surface area (Å²) in [6.07, 6.45) is 0. The lowest BCUT2D eigenvalue weighted by molar-refractivity contribution is -0.0328. The standard InChI is InChI=1S/C10H7F3N2O2S/c11-10(12,13)18-8-2-5(9(16)17)1-6(3-14)7(8)4-15/h1-2H,4,15H2,(H,16,17). The molecule has 0 aromatic heterocycles. The minimum atomic E-state index is -4.58. The van der Waals surface area contributed by atoms with Crippen molar-refractivity contribution in [2.75, 3.05) is 0 Å². The maximum atomic E-state index is 12.3. The largest absolute Gasteiger partial charge is 0.478 e. The van der Waals surface area contributed by atoms with Crippen molar-refractivity contribution in [2.45, 2.75) is 16.9 Å². The normalized spacial score (nSPS) is 11.1. The average Bonchev–Trinajstić information content (AvgIpc) is 2.25. The number of alkyl halides is 3. The Bertz CT molecular complexity index is 523. The number of hydrogen-bond donors (Lipinski definition) is 2. The van der Waals surface area contributed by atoms with Gasteiger partial charge in [-0.15, -0.1) is 0 Å². The van der Waals surface area contributed by atoms with E-state index in [1.165, 1.54) is 0 Å². The van der Waals surface area contributed by atoms with E-state index in [0.717, 1.165) is 12.1 Å². The topological polar surface area (TPSA) is 87.1 Å². The summed E-state index contributed by atoms with van der Waals surface area (Å²) >= 11 is -0.481. The van der Waals surface area contributed by atoms with Crippen LogP contribution in [0.15, 0.2) is 17.0 Å². The molecule has 0 aliphatic rings. The highest BCUT2D eigenvalue weighted by atomic mass is 32.2. The number of benzene rings is 1. The molecule has 0 radical (unpaired) electrons. The second-order valence-electron chi connectivity index (χ2n) is 3.17. The van der Waals surface area contributed by atoms with Crippen LogP contribution in [0.4, 0.5) is 13.2 Å². The molecule has 1 aromatic rings. The molecule has 0 spiro atoms. The van der Waals surface area contributed by atoms with Crippen molar-refractivity contribution in [3.8, 4) is 6.07 Å². The SMILES string of the molecule is N#Cc1cc(C(=O)O)cc(SC(F)(F)F)c1CN. The number of nitriles is 1. The van der Waals surface area contributed by atoms with Crippen molar-refractivity contribution in [1.29, 1.82) is 5.26 Å². The lowest BCUT2D eigenvalue weighted by Crippen LogP contribution is -2.08. The Morgan fingerprint density at radius 2 is 2.11 bits per heavy atom. The quantitative estimate of drug-likeness (QED) is 0.827. The third-order valence-electron chi connectivity index (χ3n) is 2.01. The van der Waals surface area contributed by atoms with Crippen LogP contribution in [0, 0.1) is 11.3 Å². The van der Waals surface area contributed by atoms with Gasteiger partial charge >= 0.3 is 11.5 Å². The molecule has 0 aliphatic heterocycles. The summed E-state index contributed by atoms with van der Waals surface area (Å²) in [7, 11) is 0. The number of carboxylic acids is 1. The number of thioether (sulfide) groups is 1. The highest BCUT2D eigenvalue weighted by molar-refractivity contribution is 8.00. The maximum absolute atomic E-state index is 12.3. The van der Waals surface area contributed by atoms with E-state index in [-0.39, 0.29) is 28.1 Å². The van der Waals surface area contributed by atoms with Gasteiger partial charge in [0, 0.05) is 11.4 Å². The molecule has 3 N–H and O–H groups in total. The molecule has 8 heteroatoms. The second-order valence-corrected chi connectivity index (χ2v) is 4.28. The molecule has 1 rings (SSSR count). The molecule has 0 bridgehead atoms. The highest BCUT2D eigenvalue weighted by Gasteiger charge is 2.31. The number of carboxylic acid groups (broad SMARTS) is 1. The van der Waals surface area contributed by atoms with Crippen molar-refractivity contribution in [2.24, 2.45) is 5.73 Å². The van der Waals surface area contributed by atoms with Crippen molar-refractivity contribution in [3.05, 3.63) is 28.8 Å². The molecule has 0 amide bonds. The Hall–Kier alpha value is -1.72. The molecule has 0 aliphatic carbocycles. The maximum Gasteiger partial charge on any atom is 0.446 e. The van der Waals surface area contributed by atoms with Gasteiger partial charge in [0.1, 0.15) is 0 Å². The summed E-state index contributed by atoms with van der Waals surface area (Å²) in [4.78, 5) is 10.4. The number of halogens is 3. The lowest BCUT2D eigenvalue weighted by Gasteiger charge is -2.12. The van der Waals surface area contributed by atoms with Gasteiger partial charge in [-0.2, -0.15) is 18.4 Å². The van der Waals surface area contributed by atoms with Gasteiger partial charge in [-0.3, -0.25) is 0 Å². The third-order valence-corrected chi connectivity index (χ3v) is 2.82. The summed E-state index contributed by atoms with van der Waals surface area (Å²) in [5.41, 5.74) is 0.166. The molecule has 96 valence electrons. The molecular formula is C10H7F3N2O2S. The first-order valence-electron chi connectivity index (χ1n) is 4.54. The number of nitrogens with zero attached hydrogens (tertiary/aromatic N) is 1. The fourth-order valence-corrected chi connectivity index (χ4v) is 2.05. The molecule has 0 fully saturated rings. The van der Waals surface area contributed by atoms with Crippen LogP contribution in [0.2, 0.25) is 0 Å². The number of rotatable bonds is 3. The van der Waals surface area contributed by atoms with Gasteiger partial charge in [-0.1, -0.05) is 0 Å². The minimum Gasteiger partial charge on any atom is -0.478 e. The van der Waals surface area contributed by atoms with Gasteiger partial charge < -0.3 is 10.8 Å². The van der Waals surface area contributed by atoms with Crippen molar-refractivity contribution >= 4 is 17.7 Å². The van der Waals surface area contributed by atoms with E-state index in [4.69, 9.17) is 16.1 Å². The van der Waals surface area contributed by atoms with Gasteiger partial charge in [0.05, 0.1) is 17.2 Å². The smallest absolute Gasteiger partial charge is 0.446 e. The van der Waals surface area contributed by atoms with Crippen LogP contribution in [-0.4, -0.2) is 16.6 Å². The predicted octanol–water partition coefficient (Wildman–Crippen LogP) is 2.33. The first-order chi connectivity index (χ1) is 8.28. The molecule has 0 unspecified atom stereocenters. The van der Waals surface area contributed by atoms with Crippen LogP contribution in [0.3, 0.4) is 0 Å². The molecule has 18 heavy (non-hydrogen) atoms. The van der Waals surface area contributed by atoms with E-state index < -0.39 is 23.2 Å². The number of carbonyl (C=O) groups is 1. The van der Waals surface area contributed by atoms with Crippen LogP contribution in [0.25, 0.3) is 0 Å². The van der Waals surface area contributed by atoms with E-state index >= 15 is 0 Å². The zero-order valence-corrected chi connectivity index (χ0v) is 9.60. The van der Waals surface area contributed by atoms with E-state index in [2.05, 4.69) is 0 Å². The van der Waals surface area contributed by atoms with Gasteiger partial charge in [0.15, 0.2) is 0 Å². The zero-order chi connectivity index (χ0) is 13.9. The van der Waals surface area contributed by atoms with E-state index in [0.29, 0.717) is 0 Å². The minimum absolute atomic E-state index is 0.00942.